The first-order chi connectivity index (χ1) is 10.9. The summed E-state index contributed by atoms with van der Waals surface area (Å²) in [6.07, 6.45) is 1.82. The van der Waals surface area contributed by atoms with Crippen LogP contribution in [-0.4, -0.2) is 5.91 Å². The van der Waals surface area contributed by atoms with Crippen molar-refractivity contribution in [1.29, 1.82) is 0 Å². The SMILES string of the molecule is Nc1c(N)c(C(=O)Nc2ccc(F)c(Cl)c2)c2c(c1F)CCC2. The predicted molar refractivity (Wildman–Crippen MR) is 86.6 cm³/mol. The monoisotopic (exact) mass is 337 g/mol. The maximum atomic E-state index is 14.1. The number of amides is 1. The van der Waals surface area contributed by atoms with Gasteiger partial charge in [-0.2, -0.15) is 0 Å². The maximum absolute atomic E-state index is 14.1. The number of benzene rings is 2. The van der Waals surface area contributed by atoms with E-state index in [0.29, 0.717) is 29.7 Å². The van der Waals surface area contributed by atoms with Crippen molar-refractivity contribution >= 4 is 34.6 Å². The second kappa shape index (κ2) is 5.70. The van der Waals surface area contributed by atoms with Gasteiger partial charge in [0.25, 0.3) is 5.91 Å². The summed E-state index contributed by atoms with van der Waals surface area (Å²) in [7, 11) is 0. The highest BCUT2D eigenvalue weighted by atomic mass is 35.5. The lowest BCUT2D eigenvalue weighted by atomic mass is 9.98. The number of rotatable bonds is 2. The lowest BCUT2D eigenvalue weighted by molar-refractivity contribution is 0.102. The van der Waals surface area contributed by atoms with Gasteiger partial charge < -0.3 is 16.8 Å². The van der Waals surface area contributed by atoms with Gasteiger partial charge in [-0.25, -0.2) is 8.78 Å². The molecule has 0 bridgehead atoms. The van der Waals surface area contributed by atoms with Gasteiger partial charge in [-0.1, -0.05) is 11.6 Å². The van der Waals surface area contributed by atoms with Crippen molar-refractivity contribution in [3.63, 3.8) is 0 Å². The van der Waals surface area contributed by atoms with Crippen LogP contribution in [0.1, 0.15) is 27.9 Å². The summed E-state index contributed by atoms with van der Waals surface area (Å²) in [5.41, 5.74) is 12.8. The van der Waals surface area contributed by atoms with E-state index in [1.165, 1.54) is 12.1 Å². The van der Waals surface area contributed by atoms with E-state index in [0.717, 1.165) is 12.5 Å². The maximum Gasteiger partial charge on any atom is 0.258 e. The van der Waals surface area contributed by atoms with Crippen LogP contribution in [-0.2, 0) is 12.8 Å². The minimum absolute atomic E-state index is 0.0751. The third kappa shape index (κ3) is 2.59. The first kappa shape index (κ1) is 15.6. The molecule has 4 nitrogen and oxygen atoms in total. The fourth-order valence-electron chi connectivity index (χ4n) is 2.87. The Balaban J connectivity index is 2.01. The molecule has 0 saturated heterocycles. The van der Waals surface area contributed by atoms with Crippen LogP contribution >= 0.6 is 11.6 Å². The molecule has 23 heavy (non-hydrogen) atoms. The van der Waals surface area contributed by atoms with Gasteiger partial charge in [0.15, 0.2) is 5.82 Å². The van der Waals surface area contributed by atoms with Crippen molar-refractivity contribution in [2.45, 2.75) is 19.3 Å². The van der Waals surface area contributed by atoms with Crippen LogP contribution in [0.15, 0.2) is 18.2 Å². The summed E-state index contributed by atoms with van der Waals surface area (Å²) in [5.74, 6) is -1.65. The van der Waals surface area contributed by atoms with Crippen molar-refractivity contribution < 1.29 is 13.6 Å². The van der Waals surface area contributed by atoms with Crippen LogP contribution in [0.3, 0.4) is 0 Å². The number of nitrogens with one attached hydrogen (secondary N) is 1. The highest BCUT2D eigenvalue weighted by molar-refractivity contribution is 6.31. The smallest absolute Gasteiger partial charge is 0.258 e. The van der Waals surface area contributed by atoms with Crippen molar-refractivity contribution in [3.8, 4) is 0 Å². The zero-order valence-corrected chi connectivity index (χ0v) is 12.8. The fourth-order valence-corrected chi connectivity index (χ4v) is 3.05. The Morgan fingerprint density at radius 2 is 1.83 bits per heavy atom. The summed E-state index contributed by atoms with van der Waals surface area (Å²) in [5, 5.41) is 2.48. The summed E-state index contributed by atoms with van der Waals surface area (Å²) in [6, 6.07) is 3.81. The number of hydrogen-bond acceptors (Lipinski definition) is 3. The normalized spacial score (nSPS) is 13.0. The third-order valence-corrected chi connectivity index (χ3v) is 4.27. The van der Waals surface area contributed by atoms with E-state index in [2.05, 4.69) is 5.32 Å². The van der Waals surface area contributed by atoms with Crippen LogP contribution in [0.2, 0.25) is 5.02 Å². The molecule has 5 N–H and O–H groups in total. The number of anilines is 3. The Kier molecular flexibility index (Phi) is 3.85. The van der Waals surface area contributed by atoms with E-state index in [1.807, 2.05) is 0 Å². The molecule has 120 valence electrons. The predicted octanol–water partition coefficient (Wildman–Crippen LogP) is 3.52. The second-order valence-corrected chi connectivity index (χ2v) is 5.82. The molecule has 0 radical (unpaired) electrons. The van der Waals surface area contributed by atoms with Gasteiger partial charge in [-0.3, -0.25) is 4.79 Å². The number of hydrogen-bond donors (Lipinski definition) is 3. The molecule has 1 amide bonds. The Morgan fingerprint density at radius 1 is 1.13 bits per heavy atom. The van der Waals surface area contributed by atoms with Crippen LogP contribution in [0.4, 0.5) is 25.8 Å². The second-order valence-electron chi connectivity index (χ2n) is 5.41. The Morgan fingerprint density at radius 3 is 2.52 bits per heavy atom. The molecule has 0 unspecified atom stereocenters. The number of nitrogen functional groups attached to an aromatic ring is 2. The van der Waals surface area contributed by atoms with E-state index < -0.39 is 17.5 Å². The largest absolute Gasteiger partial charge is 0.396 e. The quantitative estimate of drug-likeness (QED) is 0.733. The van der Waals surface area contributed by atoms with Gasteiger partial charge in [0.2, 0.25) is 0 Å². The zero-order chi connectivity index (χ0) is 16.7. The standard InChI is InChI=1S/C16H14ClF2N3O/c17-10-6-7(4-5-11(10)18)22-16(23)12-8-2-1-3-9(8)13(19)15(21)14(12)20/h4-6H,1-3,20-21H2,(H,22,23). The molecule has 0 aromatic heterocycles. The number of fused-ring (bicyclic) bond motifs is 1. The minimum atomic E-state index is -0.587. The van der Waals surface area contributed by atoms with Gasteiger partial charge in [0.1, 0.15) is 5.82 Å². The molecule has 2 aromatic carbocycles. The Hall–Kier alpha value is -2.34. The first-order valence-electron chi connectivity index (χ1n) is 7.04. The van der Waals surface area contributed by atoms with Gasteiger partial charge in [-0.15, -0.1) is 0 Å². The van der Waals surface area contributed by atoms with Crippen molar-refractivity contribution in [2.24, 2.45) is 0 Å². The summed E-state index contributed by atoms with van der Waals surface area (Å²) in [6.45, 7) is 0. The van der Waals surface area contributed by atoms with Crippen LogP contribution in [0, 0.1) is 11.6 Å². The molecule has 0 fully saturated rings. The molecule has 0 heterocycles. The van der Waals surface area contributed by atoms with Gasteiger partial charge in [0, 0.05) is 5.69 Å². The van der Waals surface area contributed by atoms with Gasteiger partial charge in [-0.05, 0) is 48.6 Å². The van der Waals surface area contributed by atoms with Crippen LogP contribution in [0.5, 0.6) is 0 Å². The van der Waals surface area contributed by atoms with E-state index in [1.54, 1.807) is 0 Å². The van der Waals surface area contributed by atoms with Crippen LogP contribution < -0.4 is 16.8 Å². The van der Waals surface area contributed by atoms with Gasteiger partial charge >= 0.3 is 0 Å². The van der Waals surface area contributed by atoms with Crippen molar-refractivity contribution in [3.05, 3.63) is 51.5 Å². The van der Waals surface area contributed by atoms with E-state index in [9.17, 15) is 13.6 Å². The van der Waals surface area contributed by atoms with Crippen LogP contribution in [0.25, 0.3) is 0 Å². The number of carbonyl (C=O) groups excluding carboxylic acids is 1. The van der Waals surface area contributed by atoms with E-state index >= 15 is 0 Å². The van der Waals surface area contributed by atoms with E-state index in [4.69, 9.17) is 23.1 Å². The summed E-state index contributed by atoms with van der Waals surface area (Å²) >= 11 is 5.69. The van der Waals surface area contributed by atoms with Gasteiger partial charge in [0.05, 0.1) is 22.0 Å². The third-order valence-electron chi connectivity index (χ3n) is 3.99. The number of carbonyl (C=O) groups is 1. The molecular weight excluding hydrogens is 324 g/mol. The minimum Gasteiger partial charge on any atom is -0.396 e. The molecule has 3 rings (SSSR count). The molecule has 0 spiro atoms. The van der Waals surface area contributed by atoms with Crippen molar-refractivity contribution in [2.75, 3.05) is 16.8 Å². The van der Waals surface area contributed by atoms with Crippen molar-refractivity contribution in [1.82, 2.24) is 0 Å². The first-order valence-corrected chi connectivity index (χ1v) is 7.42. The highest BCUT2D eigenvalue weighted by Crippen LogP contribution is 2.37. The van der Waals surface area contributed by atoms with E-state index in [-0.39, 0.29) is 22.0 Å². The molecule has 0 aliphatic heterocycles. The Labute approximate surface area is 136 Å². The summed E-state index contributed by atoms with van der Waals surface area (Å²) < 4.78 is 27.3. The number of halogens is 3. The highest BCUT2D eigenvalue weighted by Gasteiger charge is 2.28. The summed E-state index contributed by atoms with van der Waals surface area (Å²) in [4.78, 5) is 12.5. The lowest BCUT2D eigenvalue weighted by Gasteiger charge is -2.15. The topological polar surface area (TPSA) is 81.1 Å². The Bertz CT molecular complexity index is 824. The molecule has 0 atom stereocenters. The fraction of sp³-hybridized carbons (Fsp3) is 0.188. The molecular formula is C16H14ClF2N3O. The average molecular weight is 338 g/mol. The molecule has 0 saturated carbocycles. The lowest BCUT2D eigenvalue weighted by Crippen LogP contribution is -2.19. The molecule has 2 aromatic rings. The molecule has 1 aliphatic rings. The average Bonchev–Trinajstić information content (AvgIpc) is 2.98. The zero-order valence-electron chi connectivity index (χ0n) is 12.1. The molecule has 7 heteroatoms. The molecule has 1 aliphatic carbocycles. The number of nitrogens with two attached hydrogens (primary N) is 2.